The monoisotopic (exact) mass is 493 g/mol. The topological polar surface area (TPSA) is 108 Å². The summed E-state index contributed by atoms with van der Waals surface area (Å²) in [4.78, 5) is 26.8. The van der Waals surface area contributed by atoms with Crippen molar-refractivity contribution < 1.29 is 14.3 Å². The summed E-state index contributed by atoms with van der Waals surface area (Å²) in [5, 5.41) is 11.5. The summed E-state index contributed by atoms with van der Waals surface area (Å²) >= 11 is 0. The molecule has 2 aliphatic heterocycles. The van der Waals surface area contributed by atoms with Crippen LogP contribution in [0.15, 0.2) is 24.3 Å². The summed E-state index contributed by atoms with van der Waals surface area (Å²) in [6.45, 7) is 7.69. The Morgan fingerprint density at radius 3 is 2.50 bits per heavy atom. The van der Waals surface area contributed by atoms with Crippen LogP contribution in [0.4, 0.5) is 22.4 Å². The van der Waals surface area contributed by atoms with Crippen molar-refractivity contribution >= 4 is 34.6 Å². The van der Waals surface area contributed by atoms with Gasteiger partial charge in [-0.1, -0.05) is 0 Å². The van der Waals surface area contributed by atoms with Gasteiger partial charge in [-0.15, -0.1) is 0 Å². The Morgan fingerprint density at radius 2 is 1.89 bits per heavy atom. The fourth-order valence-corrected chi connectivity index (χ4v) is 5.32. The zero-order valence-electron chi connectivity index (χ0n) is 21.8. The highest BCUT2D eigenvalue weighted by molar-refractivity contribution is 5.92. The molecule has 0 unspecified atom stereocenters. The van der Waals surface area contributed by atoms with Crippen molar-refractivity contribution in [1.29, 1.82) is 0 Å². The van der Waals surface area contributed by atoms with Gasteiger partial charge in [-0.05, 0) is 65.5 Å². The van der Waals surface area contributed by atoms with Crippen molar-refractivity contribution in [2.24, 2.45) is 0 Å². The molecule has 5 rings (SSSR count). The minimum absolute atomic E-state index is 0.163. The number of hydrogen-bond acceptors (Lipinski definition) is 8. The molecule has 2 bridgehead atoms. The highest BCUT2D eigenvalue weighted by Crippen LogP contribution is 2.39. The zero-order chi connectivity index (χ0) is 25.6. The van der Waals surface area contributed by atoms with E-state index in [9.17, 15) is 4.79 Å². The number of anilines is 3. The van der Waals surface area contributed by atoms with Gasteiger partial charge in [0.15, 0.2) is 5.82 Å². The first-order chi connectivity index (χ1) is 17.1. The molecule has 0 saturated carbocycles. The van der Waals surface area contributed by atoms with E-state index in [-0.39, 0.29) is 24.2 Å². The molecule has 1 amide bonds. The van der Waals surface area contributed by atoms with E-state index < -0.39 is 5.60 Å². The molecule has 10 nitrogen and oxygen atoms in total. The van der Waals surface area contributed by atoms with E-state index in [4.69, 9.17) is 19.4 Å². The fourth-order valence-electron chi connectivity index (χ4n) is 5.32. The Hall–Kier alpha value is -3.56. The number of aromatic amines is 1. The number of nitrogens with zero attached hydrogens (tertiary/aromatic N) is 5. The lowest BCUT2D eigenvalue weighted by Gasteiger charge is -2.42. The van der Waals surface area contributed by atoms with Gasteiger partial charge in [0.05, 0.1) is 12.6 Å². The number of amides is 1. The number of methoxy groups -OCH3 is 1. The number of hydrogen-bond donors (Lipinski definition) is 2. The molecule has 2 aromatic heterocycles. The number of rotatable bonds is 5. The number of fused-ring (bicyclic) bond motifs is 3. The second-order valence-corrected chi connectivity index (χ2v) is 10.8. The minimum Gasteiger partial charge on any atom is -0.497 e. The normalized spacial score (nSPS) is 21.5. The molecule has 0 spiro atoms. The van der Waals surface area contributed by atoms with Gasteiger partial charge in [0.2, 0.25) is 5.95 Å². The number of aryl methyl sites for hydroxylation is 1. The first-order valence-electron chi connectivity index (χ1n) is 12.5. The molecule has 2 fully saturated rings. The van der Waals surface area contributed by atoms with Gasteiger partial charge in [-0.25, -0.2) is 9.78 Å². The molecule has 0 aliphatic carbocycles. The summed E-state index contributed by atoms with van der Waals surface area (Å²) in [7, 11) is 3.69. The Kier molecular flexibility index (Phi) is 6.13. The van der Waals surface area contributed by atoms with Crippen LogP contribution in [0.3, 0.4) is 0 Å². The van der Waals surface area contributed by atoms with Crippen LogP contribution in [-0.4, -0.2) is 69.0 Å². The number of H-pyrrole nitrogens is 1. The number of carbonyl (C=O) groups excluding carboxylic acids is 1. The predicted molar refractivity (Wildman–Crippen MR) is 139 cm³/mol. The van der Waals surface area contributed by atoms with E-state index in [1.54, 1.807) is 7.11 Å². The Balaban J connectivity index is 1.42. The molecular formula is C26H35N7O3. The third-order valence-corrected chi connectivity index (χ3v) is 7.02. The van der Waals surface area contributed by atoms with E-state index in [2.05, 4.69) is 20.4 Å². The predicted octanol–water partition coefficient (Wildman–Crippen LogP) is 4.78. The second-order valence-electron chi connectivity index (χ2n) is 10.8. The summed E-state index contributed by atoms with van der Waals surface area (Å²) in [5.41, 5.74) is 1.25. The van der Waals surface area contributed by atoms with Crippen molar-refractivity contribution in [3.63, 3.8) is 0 Å². The lowest BCUT2D eigenvalue weighted by Crippen LogP contribution is -2.53. The number of nitrogens with one attached hydrogen (secondary N) is 2. The minimum atomic E-state index is -0.500. The molecule has 2 aliphatic rings. The van der Waals surface area contributed by atoms with E-state index in [1.165, 1.54) is 0 Å². The molecule has 0 radical (unpaired) electrons. The maximum absolute atomic E-state index is 12.9. The highest BCUT2D eigenvalue weighted by Gasteiger charge is 2.46. The number of benzene rings is 1. The van der Waals surface area contributed by atoms with Crippen molar-refractivity contribution in [3.8, 4) is 5.75 Å². The van der Waals surface area contributed by atoms with Gasteiger partial charge in [0, 0.05) is 48.4 Å². The standard InChI is InChI=1S/C26H35N7O3/c1-15-11-22(31-30-15)28-23-20-10-9-19(35-6)14-21(20)27-24(29-23)32(5)18-12-16-7-8-17(13-18)33(16)25(34)36-26(2,3)4/h9-11,14,16-18H,7-8,12-13H2,1-6H3,(H2,27,28,29,30,31)/t16-,17+,18-. The second kappa shape index (κ2) is 9.15. The van der Waals surface area contributed by atoms with Gasteiger partial charge in [0.1, 0.15) is 17.2 Å². The smallest absolute Gasteiger partial charge is 0.410 e. The molecular weight excluding hydrogens is 458 g/mol. The maximum Gasteiger partial charge on any atom is 0.410 e. The van der Waals surface area contributed by atoms with Crippen LogP contribution in [0.25, 0.3) is 10.9 Å². The van der Waals surface area contributed by atoms with Gasteiger partial charge in [0.25, 0.3) is 0 Å². The average molecular weight is 494 g/mol. The molecule has 1 aromatic carbocycles. The quantitative estimate of drug-likeness (QED) is 0.523. The molecule has 10 heteroatoms. The van der Waals surface area contributed by atoms with Crippen LogP contribution in [0.2, 0.25) is 0 Å². The van der Waals surface area contributed by atoms with Crippen LogP contribution in [-0.2, 0) is 4.74 Å². The number of carbonyl (C=O) groups is 1. The molecule has 3 atom stereocenters. The van der Waals surface area contributed by atoms with E-state index in [1.807, 2.05) is 63.9 Å². The first kappa shape index (κ1) is 24.1. The van der Waals surface area contributed by atoms with Crippen LogP contribution in [0.5, 0.6) is 5.75 Å². The molecule has 192 valence electrons. The zero-order valence-corrected chi connectivity index (χ0v) is 21.8. The number of ether oxygens (including phenoxy) is 2. The van der Waals surface area contributed by atoms with Gasteiger partial charge < -0.3 is 24.6 Å². The lowest BCUT2D eigenvalue weighted by atomic mass is 9.97. The number of piperidine rings is 1. The van der Waals surface area contributed by atoms with E-state index in [0.29, 0.717) is 17.6 Å². The lowest BCUT2D eigenvalue weighted by molar-refractivity contribution is 0.00596. The molecule has 2 saturated heterocycles. The summed E-state index contributed by atoms with van der Waals surface area (Å²) < 4.78 is 11.1. The average Bonchev–Trinajstić information content (AvgIpc) is 3.35. The SMILES string of the molecule is COc1ccc2c(Nc3cc(C)[nH]n3)nc(N(C)[C@@H]3C[C@H]4CC[C@@H](C3)N4C(=O)OC(C)(C)C)nc2c1. The van der Waals surface area contributed by atoms with Crippen LogP contribution < -0.4 is 15.0 Å². The van der Waals surface area contributed by atoms with Crippen LogP contribution in [0.1, 0.15) is 52.1 Å². The highest BCUT2D eigenvalue weighted by atomic mass is 16.6. The third-order valence-electron chi connectivity index (χ3n) is 7.02. The Labute approximate surface area is 211 Å². The van der Waals surface area contributed by atoms with Gasteiger partial charge in [-0.3, -0.25) is 5.10 Å². The molecule has 36 heavy (non-hydrogen) atoms. The van der Waals surface area contributed by atoms with Crippen LogP contribution in [0, 0.1) is 6.92 Å². The summed E-state index contributed by atoms with van der Waals surface area (Å²) in [6, 6.07) is 8.26. The van der Waals surface area contributed by atoms with Crippen molar-refractivity contribution in [1.82, 2.24) is 25.1 Å². The van der Waals surface area contributed by atoms with Crippen molar-refractivity contribution in [2.45, 2.75) is 77.1 Å². The Morgan fingerprint density at radius 1 is 1.17 bits per heavy atom. The fraction of sp³-hybridized carbons (Fsp3) is 0.538. The summed E-state index contributed by atoms with van der Waals surface area (Å²) in [6.07, 6.45) is 3.50. The third kappa shape index (κ3) is 4.76. The largest absolute Gasteiger partial charge is 0.497 e. The number of aromatic nitrogens is 4. The maximum atomic E-state index is 12.9. The van der Waals surface area contributed by atoms with Crippen molar-refractivity contribution in [2.75, 3.05) is 24.4 Å². The van der Waals surface area contributed by atoms with E-state index >= 15 is 0 Å². The van der Waals surface area contributed by atoms with Gasteiger partial charge in [-0.2, -0.15) is 10.1 Å². The van der Waals surface area contributed by atoms with E-state index in [0.717, 1.165) is 48.0 Å². The summed E-state index contributed by atoms with van der Waals surface area (Å²) in [5.74, 6) is 2.74. The Bertz CT molecular complexity index is 1250. The van der Waals surface area contributed by atoms with Gasteiger partial charge >= 0.3 is 6.09 Å². The molecule has 4 heterocycles. The van der Waals surface area contributed by atoms with Crippen molar-refractivity contribution in [3.05, 3.63) is 30.0 Å². The molecule has 3 aromatic rings. The van der Waals surface area contributed by atoms with Crippen LogP contribution >= 0.6 is 0 Å². The first-order valence-corrected chi connectivity index (χ1v) is 12.5. The molecule has 2 N–H and O–H groups in total.